The largest absolute Gasteiger partial charge is 0.322 e. The Morgan fingerprint density at radius 1 is 0.794 bits per heavy atom. The number of nitrogens with zero attached hydrogens (tertiary/aromatic N) is 1. The van der Waals surface area contributed by atoms with E-state index in [9.17, 15) is 9.59 Å². The Balaban J connectivity index is 1.40. The molecule has 0 saturated carbocycles. The second-order valence-corrected chi connectivity index (χ2v) is 10.2. The normalized spacial score (nSPS) is 14.6. The van der Waals surface area contributed by atoms with Gasteiger partial charge in [0, 0.05) is 28.9 Å². The first-order chi connectivity index (χ1) is 16.3. The average molecular weight is 455 g/mol. The smallest absolute Gasteiger partial charge is 0.255 e. The van der Waals surface area contributed by atoms with Crippen molar-refractivity contribution in [1.29, 1.82) is 0 Å². The summed E-state index contributed by atoms with van der Waals surface area (Å²) in [4.78, 5) is 28.3. The number of rotatable bonds is 6. The number of likely N-dealkylation sites (tertiary alicyclic amines) is 1. The lowest BCUT2D eigenvalue weighted by Crippen LogP contribution is -2.29. The molecule has 4 nitrogen and oxygen atoms in total. The van der Waals surface area contributed by atoms with Crippen molar-refractivity contribution in [3.8, 4) is 0 Å². The summed E-state index contributed by atoms with van der Waals surface area (Å²) in [5, 5.41) is 2.93. The first-order valence-electron chi connectivity index (χ1n) is 12.2. The number of amides is 1. The van der Waals surface area contributed by atoms with Gasteiger partial charge in [0.15, 0.2) is 5.78 Å². The van der Waals surface area contributed by atoms with Crippen molar-refractivity contribution in [2.45, 2.75) is 52.0 Å². The third kappa shape index (κ3) is 6.00. The summed E-state index contributed by atoms with van der Waals surface area (Å²) in [7, 11) is 0. The summed E-state index contributed by atoms with van der Waals surface area (Å²) < 4.78 is 0. The second-order valence-electron chi connectivity index (χ2n) is 10.2. The first-order valence-corrected chi connectivity index (χ1v) is 12.2. The molecule has 0 aromatic heterocycles. The summed E-state index contributed by atoms with van der Waals surface area (Å²) in [6, 6.07) is 22.7. The number of carbonyl (C=O) groups excluding carboxylic acids is 2. The SMILES string of the molecule is CC(C)(C)c1ccc(C(=O)c2cccc(NC(=O)c3ccc(CN4CCCCC4)cc3)c2)cc1. The molecule has 1 heterocycles. The number of hydrogen-bond acceptors (Lipinski definition) is 3. The van der Waals surface area contributed by atoms with Crippen LogP contribution in [0.4, 0.5) is 5.69 Å². The maximum atomic E-state index is 13.0. The number of piperidine rings is 1. The lowest BCUT2D eigenvalue weighted by Gasteiger charge is -2.26. The predicted octanol–water partition coefficient (Wildman–Crippen LogP) is 6.45. The molecule has 0 radical (unpaired) electrons. The van der Waals surface area contributed by atoms with Gasteiger partial charge in [0.2, 0.25) is 0 Å². The van der Waals surface area contributed by atoms with Gasteiger partial charge in [-0.2, -0.15) is 0 Å². The molecular formula is C30H34N2O2. The van der Waals surface area contributed by atoms with Crippen molar-refractivity contribution in [3.63, 3.8) is 0 Å². The van der Waals surface area contributed by atoms with Crippen molar-refractivity contribution in [2.75, 3.05) is 18.4 Å². The fourth-order valence-electron chi connectivity index (χ4n) is 4.37. The number of anilines is 1. The van der Waals surface area contributed by atoms with Crippen molar-refractivity contribution in [1.82, 2.24) is 4.90 Å². The molecule has 4 rings (SSSR count). The van der Waals surface area contributed by atoms with E-state index in [4.69, 9.17) is 0 Å². The van der Waals surface area contributed by atoms with Gasteiger partial charge in [-0.3, -0.25) is 14.5 Å². The van der Waals surface area contributed by atoms with E-state index in [-0.39, 0.29) is 17.1 Å². The van der Waals surface area contributed by atoms with Crippen LogP contribution in [0.5, 0.6) is 0 Å². The van der Waals surface area contributed by atoms with Crippen molar-refractivity contribution in [2.24, 2.45) is 0 Å². The number of carbonyl (C=O) groups is 2. The highest BCUT2D eigenvalue weighted by molar-refractivity contribution is 6.10. The Labute approximate surface area is 203 Å². The molecule has 0 atom stereocenters. The lowest BCUT2D eigenvalue weighted by molar-refractivity contribution is 0.102. The van der Waals surface area contributed by atoms with E-state index in [1.165, 1.54) is 30.4 Å². The molecular weight excluding hydrogens is 420 g/mol. The number of hydrogen-bond donors (Lipinski definition) is 1. The van der Waals surface area contributed by atoms with Crippen molar-refractivity contribution in [3.05, 3.63) is 101 Å². The van der Waals surface area contributed by atoms with Crippen LogP contribution in [0.3, 0.4) is 0 Å². The van der Waals surface area contributed by atoms with Gasteiger partial charge < -0.3 is 5.32 Å². The highest BCUT2D eigenvalue weighted by atomic mass is 16.1. The first kappa shape index (κ1) is 23.9. The molecule has 1 aliphatic heterocycles. The zero-order valence-corrected chi connectivity index (χ0v) is 20.4. The minimum atomic E-state index is -0.177. The molecule has 0 aliphatic carbocycles. The Kier molecular flexibility index (Phi) is 7.28. The fraction of sp³-hybridized carbons (Fsp3) is 0.333. The Morgan fingerprint density at radius 2 is 1.44 bits per heavy atom. The third-order valence-corrected chi connectivity index (χ3v) is 6.47. The van der Waals surface area contributed by atoms with E-state index < -0.39 is 0 Å². The van der Waals surface area contributed by atoms with Crippen LogP contribution in [0.2, 0.25) is 0 Å². The molecule has 0 unspecified atom stereocenters. The van der Waals surface area contributed by atoms with Crippen LogP contribution in [0.1, 0.15) is 77.4 Å². The molecule has 3 aromatic carbocycles. The molecule has 4 heteroatoms. The quantitative estimate of drug-likeness (QED) is 0.435. The summed E-state index contributed by atoms with van der Waals surface area (Å²) >= 11 is 0. The van der Waals surface area contributed by atoms with Crippen LogP contribution >= 0.6 is 0 Å². The average Bonchev–Trinajstić information content (AvgIpc) is 2.84. The molecule has 1 N–H and O–H groups in total. The van der Waals surface area contributed by atoms with E-state index in [1.54, 1.807) is 18.2 Å². The monoisotopic (exact) mass is 454 g/mol. The standard InChI is InChI=1S/C30H34N2O2/c1-30(2,3)26-16-14-23(15-17-26)28(33)25-8-7-9-27(20-25)31-29(34)24-12-10-22(11-13-24)21-32-18-5-4-6-19-32/h7-17,20H,4-6,18-19,21H2,1-3H3,(H,31,34). The summed E-state index contributed by atoms with van der Waals surface area (Å²) in [5.41, 5.74) is 4.86. The molecule has 0 spiro atoms. The third-order valence-electron chi connectivity index (χ3n) is 6.47. The predicted molar refractivity (Wildman–Crippen MR) is 139 cm³/mol. The van der Waals surface area contributed by atoms with Crippen molar-refractivity contribution >= 4 is 17.4 Å². The van der Waals surface area contributed by atoms with Gasteiger partial charge in [-0.1, -0.05) is 75.7 Å². The van der Waals surface area contributed by atoms with E-state index in [2.05, 4.69) is 31.0 Å². The van der Waals surface area contributed by atoms with Crippen molar-refractivity contribution < 1.29 is 9.59 Å². The molecule has 1 amide bonds. The van der Waals surface area contributed by atoms with E-state index >= 15 is 0 Å². The Bertz CT molecular complexity index is 1140. The van der Waals surface area contributed by atoms with Gasteiger partial charge in [0.1, 0.15) is 0 Å². The zero-order chi connectivity index (χ0) is 24.1. The molecule has 1 aliphatic rings. The maximum absolute atomic E-state index is 13.0. The lowest BCUT2D eigenvalue weighted by atomic mass is 9.86. The fourth-order valence-corrected chi connectivity index (χ4v) is 4.37. The van der Waals surface area contributed by atoms with Crippen LogP contribution in [0, 0.1) is 0 Å². The van der Waals surface area contributed by atoms with Gasteiger partial charge in [-0.05, 0) is 66.7 Å². The highest BCUT2D eigenvalue weighted by Crippen LogP contribution is 2.23. The van der Waals surface area contributed by atoms with E-state index in [1.807, 2.05) is 54.6 Å². The molecule has 1 saturated heterocycles. The molecule has 176 valence electrons. The summed E-state index contributed by atoms with van der Waals surface area (Å²) in [6.07, 6.45) is 3.86. The topological polar surface area (TPSA) is 49.4 Å². The minimum absolute atomic E-state index is 0.0392. The second kappa shape index (κ2) is 10.4. The van der Waals surface area contributed by atoms with Gasteiger partial charge in [-0.25, -0.2) is 0 Å². The molecule has 1 fully saturated rings. The van der Waals surface area contributed by atoms with E-state index in [0.717, 1.165) is 19.6 Å². The number of nitrogens with one attached hydrogen (secondary N) is 1. The Morgan fingerprint density at radius 3 is 2.09 bits per heavy atom. The van der Waals surface area contributed by atoms with Crippen LogP contribution < -0.4 is 5.32 Å². The van der Waals surface area contributed by atoms with Crippen LogP contribution in [0.25, 0.3) is 0 Å². The van der Waals surface area contributed by atoms with Crippen LogP contribution in [0.15, 0.2) is 72.8 Å². The molecule has 3 aromatic rings. The number of ketones is 1. The van der Waals surface area contributed by atoms with E-state index in [0.29, 0.717) is 22.4 Å². The van der Waals surface area contributed by atoms with Crippen LogP contribution in [-0.4, -0.2) is 29.7 Å². The van der Waals surface area contributed by atoms with Crippen LogP contribution in [-0.2, 0) is 12.0 Å². The maximum Gasteiger partial charge on any atom is 0.255 e. The highest BCUT2D eigenvalue weighted by Gasteiger charge is 2.16. The Hall–Kier alpha value is -3.24. The minimum Gasteiger partial charge on any atom is -0.322 e. The van der Waals surface area contributed by atoms with Gasteiger partial charge in [0.25, 0.3) is 5.91 Å². The molecule has 0 bridgehead atoms. The van der Waals surface area contributed by atoms with Gasteiger partial charge >= 0.3 is 0 Å². The van der Waals surface area contributed by atoms with Gasteiger partial charge in [0.05, 0.1) is 0 Å². The summed E-state index contributed by atoms with van der Waals surface area (Å²) in [6.45, 7) is 9.69. The zero-order valence-electron chi connectivity index (χ0n) is 20.4. The number of benzene rings is 3. The van der Waals surface area contributed by atoms with Gasteiger partial charge in [-0.15, -0.1) is 0 Å². The summed E-state index contributed by atoms with van der Waals surface area (Å²) in [5.74, 6) is -0.234. The molecule has 34 heavy (non-hydrogen) atoms.